The number of rotatable bonds is 2. The van der Waals surface area contributed by atoms with E-state index in [-0.39, 0.29) is 5.91 Å². The van der Waals surface area contributed by atoms with Crippen molar-refractivity contribution < 1.29 is 4.79 Å². The van der Waals surface area contributed by atoms with Gasteiger partial charge in [-0.2, -0.15) is 15.4 Å². The van der Waals surface area contributed by atoms with Crippen molar-refractivity contribution in [2.24, 2.45) is 5.10 Å². The second-order valence-corrected chi connectivity index (χ2v) is 4.21. The van der Waals surface area contributed by atoms with Crippen LogP contribution >= 0.6 is 11.8 Å². The Morgan fingerprint density at radius 1 is 1.44 bits per heavy atom. The van der Waals surface area contributed by atoms with E-state index in [4.69, 9.17) is 5.26 Å². The average Bonchev–Trinajstić information content (AvgIpc) is 2.59. The number of amides is 1. The number of nitrogens with zero attached hydrogens (tertiary/aromatic N) is 3. The minimum atomic E-state index is -0.467. The van der Waals surface area contributed by atoms with Gasteiger partial charge in [0.05, 0.1) is 11.4 Å². The number of benzene rings is 1. The van der Waals surface area contributed by atoms with Crippen molar-refractivity contribution in [2.75, 3.05) is 5.01 Å². The van der Waals surface area contributed by atoms with Crippen LogP contribution in [0.25, 0.3) is 0 Å². The van der Waals surface area contributed by atoms with Crippen LogP contribution in [-0.4, -0.2) is 16.9 Å². The Morgan fingerprint density at radius 2 is 2.12 bits per heavy atom. The number of hydrazone groups is 1. The lowest BCUT2D eigenvalue weighted by atomic mass is 10.3. The lowest BCUT2D eigenvalue weighted by Gasteiger charge is -2.12. The van der Waals surface area contributed by atoms with Crippen LogP contribution in [0.4, 0.5) is 5.69 Å². The van der Waals surface area contributed by atoms with E-state index in [0.717, 1.165) is 17.4 Å². The molecule has 1 aliphatic rings. The Balaban J connectivity index is 2.28. The van der Waals surface area contributed by atoms with Gasteiger partial charge in [-0.15, -0.1) is 0 Å². The number of para-hydroxylation sites is 1. The number of carbonyl (C=O) groups excluding carboxylic acids is 1. The van der Waals surface area contributed by atoms with Crippen molar-refractivity contribution >= 4 is 29.1 Å². The van der Waals surface area contributed by atoms with E-state index >= 15 is 0 Å². The molecule has 0 N–H and O–H groups in total. The maximum Gasteiger partial charge on any atom is 0.267 e. The van der Waals surface area contributed by atoms with Crippen LogP contribution in [0.15, 0.2) is 35.4 Å². The predicted octanol–water partition coefficient (Wildman–Crippen LogP) is 1.99. The minimum absolute atomic E-state index is 0.157. The number of thioether (sulfide) groups is 1. The third kappa shape index (κ3) is 1.79. The van der Waals surface area contributed by atoms with Gasteiger partial charge in [0.15, 0.2) is 0 Å². The molecule has 1 amide bonds. The first-order valence-electron chi connectivity index (χ1n) is 4.73. The summed E-state index contributed by atoms with van der Waals surface area (Å²) in [4.78, 5) is 11.9. The van der Waals surface area contributed by atoms with Crippen LogP contribution in [-0.2, 0) is 4.79 Å². The fourth-order valence-electron chi connectivity index (χ4n) is 1.49. The number of anilines is 1. The van der Waals surface area contributed by atoms with E-state index < -0.39 is 5.25 Å². The molecule has 0 aromatic heterocycles. The molecule has 0 aliphatic carbocycles. The summed E-state index contributed by atoms with van der Waals surface area (Å²) < 4.78 is 0. The van der Waals surface area contributed by atoms with Gasteiger partial charge < -0.3 is 0 Å². The van der Waals surface area contributed by atoms with Gasteiger partial charge in [0.25, 0.3) is 5.91 Å². The molecule has 4 nitrogen and oxygen atoms in total. The van der Waals surface area contributed by atoms with E-state index in [2.05, 4.69) is 5.10 Å². The molecule has 5 heteroatoms. The van der Waals surface area contributed by atoms with Crippen molar-refractivity contribution in [3.8, 4) is 5.40 Å². The fraction of sp³-hybridized carbons (Fsp3) is 0.182. The summed E-state index contributed by atoms with van der Waals surface area (Å²) in [6, 6.07) is 9.20. The Morgan fingerprint density at radius 3 is 2.75 bits per heavy atom. The molecule has 0 saturated heterocycles. The first kappa shape index (κ1) is 10.7. The maximum absolute atomic E-state index is 11.9. The van der Waals surface area contributed by atoms with Gasteiger partial charge in [-0.1, -0.05) is 18.2 Å². The van der Waals surface area contributed by atoms with Crippen LogP contribution in [0, 0.1) is 10.7 Å². The largest absolute Gasteiger partial charge is 0.271 e. The summed E-state index contributed by atoms with van der Waals surface area (Å²) in [5, 5.41) is 15.6. The molecular weight excluding hydrogens is 222 g/mol. The SMILES string of the molecule is CC1=NN(c2ccccc2)C(=O)C1SC#N. The number of hydrogen-bond acceptors (Lipinski definition) is 4. The lowest BCUT2D eigenvalue weighted by Crippen LogP contribution is -2.28. The molecular formula is C11H9N3OS. The van der Waals surface area contributed by atoms with Crippen LogP contribution in [0.2, 0.25) is 0 Å². The second kappa shape index (κ2) is 4.37. The number of carbonyl (C=O) groups is 1. The van der Waals surface area contributed by atoms with Crippen molar-refractivity contribution in [1.82, 2.24) is 0 Å². The lowest BCUT2D eigenvalue weighted by molar-refractivity contribution is -0.116. The Bertz CT molecular complexity index is 478. The summed E-state index contributed by atoms with van der Waals surface area (Å²) in [6.45, 7) is 1.76. The molecule has 1 aliphatic heterocycles. The molecule has 2 rings (SSSR count). The van der Waals surface area contributed by atoms with Gasteiger partial charge in [0, 0.05) is 0 Å². The Kier molecular flexibility index (Phi) is 2.93. The molecule has 1 aromatic rings. The summed E-state index contributed by atoms with van der Waals surface area (Å²) in [5.74, 6) is -0.157. The highest BCUT2D eigenvalue weighted by atomic mass is 32.2. The molecule has 0 bridgehead atoms. The van der Waals surface area contributed by atoms with E-state index in [1.807, 2.05) is 35.7 Å². The third-order valence-electron chi connectivity index (χ3n) is 2.24. The third-order valence-corrected chi connectivity index (χ3v) is 3.13. The van der Waals surface area contributed by atoms with Crippen molar-refractivity contribution in [1.29, 1.82) is 5.26 Å². The van der Waals surface area contributed by atoms with E-state index in [0.29, 0.717) is 5.71 Å². The van der Waals surface area contributed by atoms with Gasteiger partial charge in [0.1, 0.15) is 10.7 Å². The van der Waals surface area contributed by atoms with Crippen LogP contribution in [0.5, 0.6) is 0 Å². The number of nitriles is 1. The normalized spacial score (nSPS) is 19.5. The second-order valence-electron chi connectivity index (χ2n) is 3.32. The predicted molar refractivity (Wildman–Crippen MR) is 64.0 cm³/mol. The maximum atomic E-state index is 11.9. The van der Waals surface area contributed by atoms with Gasteiger partial charge >= 0.3 is 0 Å². The summed E-state index contributed by atoms with van der Waals surface area (Å²) in [5.41, 5.74) is 1.40. The van der Waals surface area contributed by atoms with E-state index in [9.17, 15) is 4.79 Å². The Labute approximate surface area is 97.6 Å². The molecule has 1 heterocycles. The van der Waals surface area contributed by atoms with Crippen molar-refractivity contribution in [3.63, 3.8) is 0 Å². The molecule has 0 fully saturated rings. The van der Waals surface area contributed by atoms with Crippen LogP contribution in [0.1, 0.15) is 6.92 Å². The molecule has 1 aromatic carbocycles. The smallest absolute Gasteiger partial charge is 0.267 e. The summed E-state index contributed by atoms with van der Waals surface area (Å²) >= 11 is 0.937. The van der Waals surface area contributed by atoms with Crippen LogP contribution < -0.4 is 5.01 Å². The first-order valence-corrected chi connectivity index (χ1v) is 5.61. The quantitative estimate of drug-likeness (QED) is 0.731. The zero-order valence-electron chi connectivity index (χ0n) is 8.62. The van der Waals surface area contributed by atoms with E-state index in [1.54, 1.807) is 6.92 Å². The summed E-state index contributed by atoms with van der Waals surface area (Å²) in [6.07, 6.45) is 0. The average molecular weight is 231 g/mol. The zero-order chi connectivity index (χ0) is 11.5. The van der Waals surface area contributed by atoms with Crippen molar-refractivity contribution in [2.45, 2.75) is 12.2 Å². The molecule has 1 unspecified atom stereocenters. The highest BCUT2D eigenvalue weighted by Crippen LogP contribution is 2.26. The standard InChI is InChI=1S/C11H9N3OS/c1-8-10(16-7-12)11(15)14(13-8)9-5-3-2-4-6-9/h2-6,10H,1H3. The molecule has 0 saturated carbocycles. The number of hydrogen-bond donors (Lipinski definition) is 0. The van der Waals surface area contributed by atoms with Gasteiger partial charge in [-0.3, -0.25) is 4.79 Å². The first-order chi connectivity index (χ1) is 7.74. The highest BCUT2D eigenvalue weighted by molar-refractivity contribution is 8.05. The fourth-order valence-corrected chi connectivity index (χ4v) is 2.02. The van der Waals surface area contributed by atoms with Gasteiger partial charge in [-0.05, 0) is 30.8 Å². The molecule has 0 spiro atoms. The number of thiocyanates is 1. The summed E-state index contributed by atoms with van der Waals surface area (Å²) in [7, 11) is 0. The molecule has 1 atom stereocenters. The topological polar surface area (TPSA) is 56.5 Å². The van der Waals surface area contributed by atoms with Crippen molar-refractivity contribution in [3.05, 3.63) is 30.3 Å². The van der Waals surface area contributed by atoms with Gasteiger partial charge in [-0.25, -0.2) is 0 Å². The zero-order valence-corrected chi connectivity index (χ0v) is 9.44. The Hall–Kier alpha value is -1.80. The van der Waals surface area contributed by atoms with E-state index in [1.165, 1.54) is 5.01 Å². The molecule has 0 radical (unpaired) electrons. The minimum Gasteiger partial charge on any atom is -0.271 e. The highest BCUT2D eigenvalue weighted by Gasteiger charge is 2.34. The monoisotopic (exact) mass is 231 g/mol. The van der Waals surface area contributed by atoms with Crippen LogP contribution in [0.3, 0.4) is 0 Å². The molecule has 80 valence electrons. The molecule has 16 heavy (non-hydrogen) atoms. The van der Waals surface area contributed by atoms with Gasteiger partial charge in [0.2, 0.25) is 0 Å².